The van der Waals surface area contributed by atoms with Crippen LogP contribution in [0, 0.1) is 0 Å². The number of benzene rings is 1. The number of nitrogens with two attached hydrogens (primary N) is 1. The molecule has 1 aromatic rings. The molecule has 0 radical (unpaired) electrons. The van der Waals surface area contributed by atoms with E-state index >= 15 is 0 Å². The highest BCUT2D eigenvalue weighted by atomic mass is 79.9. The average Bonchev–Trinajstić information content (AvgIpc) is 1.97. The van der Waals surface area contributed by atoms with Crippen LogP contribution in [0.15, 0.2) is 15.0 Å². The summed E-state index contributed by atoms with van der Waals surface area (Å²) in [5, 5.41) is 1.02. The Labute approximate surface area is 91.1 Å². The number of anilines is 1. The number of halogens is 4. The SMILES string of the molecule is Nc1c(Br)c(Cl)cc(Cl)c1Br. The van der Waals surface area contributed by atoms with Crippen molar-refractivity contribution in [3.8, 4) is 0 Å². The van der Waals surface area contributed by atoms with Gasteiger partial charge in [-0.25, -0.2) is 0 Å². The number of hydrogen-bond acceptors (Lipinski definition) is 1. The smallest absolute Gasteiger partial charge is 0.0633 e. The molecule has 1 aromatic carbocycles. The largest absolute Gasteiger partial charge is 0.397 e. The van der Waals surface area contributed by atoms with Crippen LogP contribution in [-0.2, 0) is 0 Å². The first-order valence-corrected chi connectivity index (χ1v) is 4.96. The van der Waals surface area contributed by atoms with Crippen LogP contribution in [0.5, 0.6) is 0 Å². The normalized spacial score (nSPS) is 10.2. The Hall–Kier alpha value is 0.560. The Balaban J connectivity index is 3.46. The van der Waals surface area contributed by atoms with Gasteiger partial charge in [-0.2, -0.15) is 0 Å². The monoisotopic (exact) mass is 317 g/mol. The van der Waals surface area contributed by atoms with Crippen LogP contribution in [0.25, 0.3) is 0 Å². The van der Waals surface area contributed by atoms with Crippen LogP contribution in [0.2, 0.25) is 10.0 Å². The second kappa shape index (κ2) is 3.52. The summed E-state index contributed by atoms with van der Waals surface area (Å²) in [4.78, 5) is 0. The summed E-state index contributed by atoms with van der Waals surface area (Å²) < 4.78 is 1.32. The summed E-state index contributed by atoms with van der Waals surface area (Å²) >= 11 is 18.0. The molecule has 0 aromatic heterocycles. The zero-order chi connectivity index (χ0) is 8.59. The Morgan fingerprint density at radius 2 is 1.45 bits per heavy atom. The second-order valence-corrected chi connectivity index (χ2v) is 4.28. The van der Waals surface area contributed by atoms with E-state index < -0.39 is 0 Å². The van der Waals surface area contributed by atoms with E-state index in [2.05, 4.69) is 31.9 Å². The third kappa shape index (κ3) is 1.83. The molecule has 0 aliphatic carbocycles. The van der Waals surface area contributed by atoms with Crippen LogP contribution in [-0.4, -0.2) is 0 Å². The van der Waals surface area contributed by atoms with Gasteiger partial charge in [0.25, 0.3) is 0 Å². The first-order valence-electron chi connectivity index (χ1n) is 2.62. The fraction of sp³-hybridized carbons (Fsp3) is 0. The third-order valence-electron chi connectivity index (χ3n) is 1.15. The quantitative estimate of drug-likeness (QED) is 0.565. The van der Waals surface area contributed by atoms with Gasteiger partial charge in [0.1, 0.15) is 0 Å². The molecule has 60 valence electrons. The Kier molecular flexibility index (Phi) is 3.09. The lowest BCUT2D eigenvalue weighted by Crippen LogP contribution is -1.89. The maximum Gasteiger partial charge on any atom is 0.0633 e. The van der Waals surface area contributed by atoms with E-state index in [-0.39, 0.29) is 0 Å². The van der Waals surface area contributed by atoms with Crippen molar-refractivity contribution in [2.45, 2.75) is 0 Å². The second-order valence-electron chi connectivity index (χ2n) is 1.88. The van der Waals surface area contributed by atoms with Crippen molar-refractivity contribution in [3.63, 3.8) is 0 Å². The molecule has 0 atom stereocenters. The summed E-state index contributed by atoms with van der Waals surface area (Å²) in [5.74, 6) is 0. The van der Waals surface area contributed by atoms with E-state index in [1.165, 1.54) is 0 Å². The Morgan fingerprint density at radius 1 is 1.09 bits per heavy atom. The molecular formula is C6H3Br2Cl2N. The summed E-state index contributed by atoms with van der Waals surface area (Å²) in [6, 6.07) is 1.62. The molecule has 0 bridgehead atoms. The van der Waals surface area contributed by atoms with Crippen molar-refractivity contribution in [2.75, 3.05) is 5.73 Å². The van der Waals surface area contributed by atoms with E-state index in [4.69, 9.17) is 28.9 Å². The maximum atomic E-state index is 5.76. The molecule has 1 rings (SSSR count). The van der Waals surface area contributed by atoms with Crippen molar-refractivity contribution in [2.24, 2.45) is 0 Å². The minimum absolute atomic E-state index is 0.510. The summed E-state index contributed by atoms with van der Waals surface area (Å²) in [7, 11) is 0. The molecule has 0 spiro atoms. The van der Waals surface area contributed by atoms with E-state index in [0.717, 1.165) is 0 Å². The van der Waals surface area contributed by atoms with Gasteiger partial charge < -0.3 is 5.73 Å². The Morgan fingerprint density at radius 3 is 1.82 bits per heavy atom. The van der Waals surface area contributed by atoms with Gasteiger partial charge in [0.05, 0.1) is 24.7 Å². The lowest BCUT2D eigenvalue weighted by molar-refractivity contribution is 1.58. The number of nitrogen functional groups attached to an aromatic ring is 1. The van der Waals surface area contributed by atoms with Crippen LogP contribution in [0.3, 0.4) is 0 Å². The predicted molar refractivity (Wildman–Crippen MR) is 56.3 cm³/mol. The predicted octanol–water partition coefficient (Wildman–Crippen LogP) is 4.10. The highest BCUT2D eigenvalue weighted by molar-refractivity contribution is 9.11. The topological polar surface area (TPSA) is 26.0 Å². The molecular weight excluding hydrogens is 317 g/mol. The van der Waals surface area contributed by atoms with E-state index in [1.807, 2.05) is 0 Å². The Bertz CT molecular complexity index is 275. The van der Waals surface area contributed by atoms with Gasteiger partial charge in [0.2, 0.25) is 0 Å². The molecule has 0 amide bonds. The van der Waals surface area contributed by atoms with Crippen LogP contribution in [0.1, 0.15) is 0 Å². The van der Waals surface area contributed by atoms with Crippen molar-refractivity contribution < 1.29 is 0 Å². The lowest BCUT2D eigenvalue weighted by Gasteiger charge is -2.04. The first-order chi connectivity index (χ1) is 5.04. The van der Waals surface area contributed by atoms with Gasteiger partial charge in [-0.05, 0) is 37.9 Å². The van der Waals surface area contributed by atoms with Crippen LogP contribution >= 0.6 is 55.1 Å². The summed E-state index contributed by atoms with van der Waals surface area (Å²) in [6.45, 7) is 0. The van der Waals surface area contributed by atoms with Gasteiger partial charge in [-0.3, -0.25) is 0 Å². The zero-order valence-electron chi connectivity index (χ0n) is 5.17. The highest BCUT2D eigenvalue weighted by Crippen LogP contribution is 2.39. The molecule has 2 N–H and O–H groups in total. The van der Waals surface area contributed by atoms with E-state index in [0.29, 0.717) is 24.7 Å². The van der Waals surface area contributed by atoms with Crippen LogP contribution < -0.4 is 5.73 Å². The lowest BCUT2D eigenvalue weighted by atomic mass is 10.3. The number of hydrogen-bond donors (Lipinski definition) is 1. The van der Waals surface area contributed by atoms with E-state index in [9.17, 15) is 0 Å². The van der Waals surface area contributed by atoms with Gasteiger partial charge in [-0.15, -0.1) is 0 Å². The minimum atomic E-state index is 0.510. The molecule has 0 aliphatic rings. The first kappa shape index (κ1) is 9.65. The molecule has 0 aliphatic heterocycles. The van der Waals surface area contributed by atoms with Gasteiger partial charge in [-0.1, -0.05) is 23.2 Å². The van der Waals surface area contributed by atoms with E-state index in [1.54, 1.807) is 6.07 Å². The van der Waals surface area contributed by atoms with Crippen LogP contribution in [0.4, 0.5) is 5.69 Å². The molecule has 0 saturated heterocycles. The summed E-state index contributed by atoms with van der Waals surface area (Å²) in [5.41, 5.74) is 6.14. The van der Waals surface area contributed by atoms with Gasteiger partial charge in [0, 0.05) is 0 Å². The molecule has 0 fully saturated rings. The fourth-order valence-electron chi connectivity index (χ4n) is 0.592. The molecule has 11 heavy (non-hydrogen) atoms. The average molecular weight is 320 g/mol. The molecule has 0 heterocycles. The van der Waals surface area contributed by atoms with Gasteiger partial charge >= 0.3 is 0 Å². The third-order valence-corrected chi connectivity index (χ3v) is 3.91. The minimum Gasteiger partial charge on any atom is -0.397 e. The van der Waals surface area contributed by atoms with Crippen molar-refractivity contribution in [3.05, 3.63) is 25.1 Å². The molecule has 5 heteroatoms. The molecule has 0 saturated carbocycles. The highest BCUT2D eigenvalue weighted by Gasteiger charge is 2.09. The summed E-state index contributed by atoms with van der Waals surface area (Å²) in [6.07, 6.45) is 0. The zero-order valence-corrected chi connectivity index (χ0v) is 9.85. The van der Waals surface area contributed by atoms with Crippen molar-refractivity contribution in [1.29, 1.82) is 0 Å². The standard InChI is InChI=1S/C6H3Br2Cl2N/c7-4-2(9)1-3(10)5(8)6(4)11/h1H,11H2. The van der Waals surface area contributed by atoms with Crippen molar-refractivity contribution >= 4 is 60.7 Å². The maximum absolute atomic E-state index is 5.76. The molecule has 0 unspecified atom stereocenters. The number of rotatable bonds is 0. The van der Waals surface area contributed by atoms with Gasteiger partial charge in [0.15, 0.2) is 0 Å². The fourth-order valence-corrected chi connectivity index (χ4v) is 1.96. The molecule has 1 nitrogen and oxygen atoms in total. The van der Waals surface area contributed by atoms with Crippen molar-refractivity contribution in [1.82, 2.24) is 0 Å².